The molecule has 0 radical (unpaired) electrons. The Morgan fingerprint density at radius 1 is 1.06 bits per heavy atom. The van der Waals surface area contributed by atoms with Gasteiger partial charge in [0.15, 0.2) is 0 Å². The third-order valence-electron chi connectivity index (χ3n) is 7.79. The van der Waals surface area contributed by atoms with Crippen molar-refractivity contribution in [1.29, 1.82) is 0 Å². The number of ether oxygens (including phenoxy) is 1. The summed E-state index contributed by atoms with van der Waals surface area (Å²) in [4.78, 5) is 20.1. The highest BCUT2D eigenvalue weighted by Crippen LogP contribution is 2.28. The van der Waals surface area contributed by atoms with Gasteiger partial charge in [-0.1, -0.05) is 0 Å². The van der Waals surface area contributed by atoms with E-state index in [9.17, 15) is 13.2 Å². The van der Waals surface area contributed by atoms with Crippen LogP contribution in [0, 0.1) is 13.8 Å². The minimum Gasteiger partial charge on any atom is -0.497 e. The van der Waals surface area contributed by atoms with E-state index in [1.807, 2.05) is 11.9 Å². The van der Waals surface area contributed by atoms with Gasteiger partial charge in [0.1, 0.15) is 5.75 Å². The lowest BCUT2D eigenvalue weighted by Crippen LogP contribution is -2.45. The average molecular weight is 509 g/mol. The van der Waals surface area contributed by atoms with E-state index in [1.54, 1.807) is 40.1 Å². The van der Waals surface area contributed by atoms with Gasteiger partial charge in [0.25, 0.3) is 0 Å². The summed E-state index contributed by atoms with van der Waals surface area (Å²) in [5, 5.41) is 0. The quantitative estimate of drug-likeness (QED) is 0.453. The number of carbonyl (C=O) groups is 1. The third kappa shape index (κ3) is 6.76. The molecule has 0 bridgehead atoms. The van der Waals surface area contributed by atoms with Crippen LogP contribution in [0.2, 0.25) is 0 Å². The SMILES string of the molecule is COc1cc(C)c(S(=O)(=O)N(C)CCCCC(=O)N(C)C2CCN(C3CCN(C)CC3)C2)c(C)c1. The van der Waals surface area contributed by atoms with Crippen molar-refractivity contribution in [2.45, 2.75) is 69.4 Å². The first-order chi connectivity index (χ1) is 16.5. The van der Waals surface area contributed by atoms with Crippen LogP contribution in [0.3, 0.4) is 0 Å². The van der Waals surface area contributed by atoms with Gasteiger partial charge < -0.3 is 14.5 Å². The van der Waals surface area contributed by atoms with Crippen molar-refractivity contribution >= 4 is 15.9 Å². The maximum atomic E-state index is 13.2. The molecule has 2 aliphatic heterocycles. The van der Waals surface area contributed by atoms with E-state index in [2.05, 4.69) is 16.8 Å². The Balaban J connectivity index is 1.44. The molecule has 0 spiro atoms. The van der Waals surface area contributed by atoms with Crippen molar-refractivity contribution in [3.63, 3.8) is 0 Å². The molecule has 9 heteroatoms. The number of amides is 1. The van der Waals surface area contributed by atoms with E-state index < -0.39 is 10.0 Å². The lowest BCUT2D eigenvalue weighted by atomic mass is 10.0. The number of hydrogen-bond donors (Lipinski definition) is 0. The highest BCUT2D eigenvalue weighted by atomic mass is 32.2. The van der Waals surface area contributed by atoms with Gasteiger partial charge in [0.2, 0.25) is 15.9 Å². The van der Waals surface area contributed by atoms with Crippen molar-refractivity contribution in [2.75, 3.05) is 61.0 Å². The molecule has 2 aliphatic rings. The number of piperidine rings is 1. The van der Waals surface area contributed by atoms with Gasteiger partial charge in [-0.05, 0) is 89.3 Å². The van der Waals surface area contributed by atoms with Crippen LogP contribution in [0.4, 0.5) is 0 Å². The summed E-state index contributed by atoms with van der Waals surface area (Å²) in [7, 11) is 3.70. The van der Waals surface area contributed by atoms with Crippen LogP contribution in [0.15, 0.2) is 17.0 Å². The van der Waals surface area contributed by atoms with Crippen LogP contribution in [0.1, 0.15) is 49.7 Å². The van der Waals surface area contributed by atoms with Crippen LogP contribution in [0.25, 0.3) is 0 Å². The van der Waals surface area contributed by atoms with E-state index in [0.29, 0.717) is 53.6 Å². The summed E-state index contributed by atoms with van der Waals surface area (Å²) >= 11 is 0. The van der Waals surface area contributed by atoms with Gasteiger partial charge in [0, 0.05) is 52.2 Å². The number of benzene rings is 1. The molecule has 1 unspecified atom stereocenters. The summed E-state index contributed by atoms with van der Waals surface area (Å²) in [6.07, 6.45) is 5.25. The number of sulfonamides is 1. The minimum absolute atomic E-state index is 0.160. The number of likely N-dealkylation sites (tertiary alicyclic amines) is 2. The second-order valence-corrected chi connectivity index (χ2v) is 12.3. The zero-order valence-corrected chi connectivity index (χ0v) is 23.2. The molecule has 1 aromatic carbocycles. The van der Waals surface area contributed by atoms with Gasteiger partial charge in [-0.2, -0.15) is 0 Å². The summed E-state index contributed by atoms with van der Waals surface area (Å²) in [6, 6.07) is 4.43. The lowest BCUT2D eigenvalue weighted by Gasteiger charge is -2.35. The van der Waals surface area contributed by atoms with Gasteiger partial charge >= 0.3 is 0 Å². The van der Waals surface area contributed by atoms with Crippen LogP contribution >= 0.6 is 0 Å². The number of rotatable bonds is 10. The second-order valence-electron chi connectivity index (χ2n) is 10.4. The number of likely N-dealkylation sites (N-methyl/N-ethyl adjacent to an activating group) is 1. The topological polar surface area (TPSA) is 73.4 Å². The summed E-state index contributed by atoms with van der Waals surface area (Å²) in [6.45, 7) is 8.33. The Bertz CT molecular complexity index is 953. The smallest absolute Gasteiger partial charge is 0.243 e. The van der Waals surface area contributed by atoms with Gasteiger partial charge in [-0.25, -0.2) is 12.7 Å². The predicted molar refractivity (Wildman–Crippen MR) is 139 cm³/mol. The van der Waals surface area contributed by atoms with Crippen molar-refractivity contribution in [1.82, 2.24) is 19.0 Å². The normalized spacial score (nSPS) is 20.5. The number of hydrogen-bond acceptors (Lipinski definition) is 6. The molecule has 1 atom stereocenters. The maximum Gasteiger partial charge on any atom is 0.243 e. The van der Waals surface area contributed by atoms with Crippen LogP contribution in [0.5, 0.6) is 5.75 Å². The Morgan fingerprint density at radius 2 is 1.69 bits per heavy atom. The molecule has 3 rings (SSSR count). The summed E-state index contributed by atoms with van der Waals surface area (Å²) in [5.41, 5.74) is 1.35. The number of aryl methyl sites for hydroxylation is 2. The standard InChI is InChI=1S/C26H44N4O4S/c1-20-17-24(34-6)18-21(2)26(20)35(32,33)28(4)13-8-7-9-25(31)29(5)23-12-16-30(19-23)22-10-14-27(3)15-11-22/h17-18,22-23H,7-16,19H2,1-6H3. The van der Waals surface area contributed by atoms with E-state index in [-0.39, 0.29) is 11.9 Å². The first-order valence-electron chi connectivity index (χ1n) is 12.8. The minimum atomic E-state index is -3.60. The molecule has 0 aromatic heterocycles. The number of carbonyl (C=O) groups excluding carboxylic acids is 1. The molecule has 198 valence electrons. The van der Waals surface area contributed by atoms with Crippen molar-refractivity contribution in [3.05, 3.63) is 23.3 Å². The molecular weight excluding hydrogens is 464 g/mol. The fraction of sp³-hybridized carbons (Fsp3) is 0.731. The molecule has 2 heterocycles. The van der Waals surface area contributed by atoms with E-state index in [1.165, 1.54) is 17.1 Å². The van der Waals surface area contributed by atoms with E-state index in [0.717, 1.165) is 32.6 Å². The first-order valence-corrected chi connectivity index (χ1v) is 14.3. The van der Waals surface area contributed by atoms with Crippen molar-refractivity contribution in [3.8, 4) is 5.75 Å². The van der Waals surface area contributed by atoms with E-state index >= 15 is 0 Å². The van der Waals surface area contributed by atoms with Gasteiger partial charge in [-0.3, -0.25) is 9.69 Å². The van der Waals surface area contributed by atoms with Crippen LogP contribution in [-0.2, 0) is 14.8 Å². The molecule has 1 amide bonds. The maximum absolute atomic E-state index is 13.2. The molecule has 0 saturated carbocycles. The highest BCUT2D eigenvalue weighted by Gasteiger charge is 2.33. The zero-order chi connectivity index (χ0) is 25.8. The molecule has 1 aromatic rings. The molecule has 0 N–H and O–H groups in total. The largest absolute Gasteiger partial charge is 0.497 e. The predicted octanol–water partition coefficient (Wildman–Crippen LogP) is 2.73. The average Bonchev–Trinajstić information content (AvgIpc) is 3.31. The highest BCUT2D eigenvalue weighted by molar-refractivity contribution is 7.89. The number of unbranched alkanes of at least 4 members (excludes halogenated alkanes) is 1. The number of methoxy groups -OCH3 is 1. The van der Waals surface area contributed by atoms with Gasteiger partial charge in [-0.15, -0.1) is 0 Å². The Hall–Kier alpha value is -1.68. The van der Waals surface area contributed by atoms with Crippen LogP contribution < -0.4 is 4.74 Å². The fourth-order valence-electron chi connectivity index (χ4n) is 5.48. The number of nitrogens with zero attached hydrogens (tertiary/aromatic N) is 4. The Kier molecular flexibility index (Phi) is 9.60. The fourth-order valence-corrected chi connectivity index (χ4v) is 7.09. The summed E-state index contributed by atoms with van der Waals surface area (Å²) in [5.74, 6) is 0.813. The summed E-state index contributed by atoms with van der Waals surface area (Å²) < 4.78 is 33.0. The van der Waals surface area contributed by atoms with Gasteiger partial charge in [0.05, 0.1) is 12.0 Å². The van der Waals surface area contributed by atoms with Crippen molar-refractivity contribution < 1.29 is 17.9 Å². The van der Waals surface area contributed by atoms with E-state index in [4.69, 9.17) is 4.74 Å². The first kappa shape index (κ1) is 27.9. The monoisotopic (exact) mass is 508 g/mol. The Morgan fingerprint density at radius 3 is 2.29 bits per heavy atom. The third-order valence-corrected chi connectivity index (χ3v) is 9.95. The molecule has 8 nitrogen and oxygen atoms in total. The lowest BCUT2D eigenvalue weighted by molar-refractivity contribution is -0.131. The molecule has 0 aliphatic carbocycles. The Labute approximate surface area is 212 Å². The molecular formula is C26H44N4O4S. The zero-order valence-electron chi connectivity index (χ0n) is 22.4. The molecule has 2 fully saturated rings. The second kappa shape index (κ2) is 12.0. The van der Waals surface area contributed by atoms with Crippen LogP contribution in [-0.4, -0.2) is 106 Å². The molecule has 2 saturated heterocycles. The molecule has 35 heavy (non-hydrogen) atoms. The van der Waals surface area contributed by atoms with Crippen molar-refractivity contribution in [2.24, 2.45) is 0 Å².